The first-order valence-corrected chi connectivity index (χ1v) is 15.1. The molecule has 10 nitrogen and oxygen atoms in total. The van der Waals surface area contributed by atoms with Crippen molar-refractivity contribution in [3.63, 3.8) is 0 Å². The molecule has 3 heterocycles. The summed E-state index contributed by atoms with van der Waals surface area (Å²) in [5, 5.41) is 31.7. The molecule has 3 aromatic rings. The van der Waals surface area contributed by atoms with Crippen LogP contribution in [0.1, 0.15) is 28.8 Å². The second-order valence-electron chi connectivity index (χ2n) is 11.4. The Kier molecular flexibility index (Phi) is 9.64. The van der Waals surface area contributed by atoms with Crippen LogP contribution in [0.25, 0.3) is 10.8 Å². The average molecular weight is 594 g/mol. The van der Waals surface area contributed by atoms with Crippen LogP contribution < -0.4 is 14.5 Å². The molecule has 1 saturated heterocycles. The van der Waals surface area contributed by atoms with Crippen molar-refractivity contribution in [3.05, 3.63) is 71.4 Å². The van der Waals surface area contributed by atoms with Gasteiger partial charge in [0.05, 0.1) is 43.1 Å². The van der Waals surface area contributed by atoms with Gasteiger partial charge < -0.3 is 29.4 Å². The summed E-state index contributed by atoms with van der Waals surface area (Å²) < 4.78 is 6.19. The SMILES string of the molecule is C=CC(=O)N1CCN(c2c(C#N)c(OCCN(C)CCO)nc3c2CCN(c2cccc4cccc(C)c24)C3)CC1CC#N. The molecule has 1 amide bonds. The lowest BCUT2D eigenvalue weighted by atomic mass is 9.95. The highest BCUT2D eigenvalue weighted by molar-refractivity contribution is 5.97. The lowest BCUT2D eigenvalue weighted by Crippen LogP contribution is -2.55. The molecular formula is C34H39N7O3. The van der Waals surface area contributed by atoms with Gasteiger partial charge in [-0.1, -0.05) is 36.9 Å². The van der Waals surface area contributed by atoms with Crippen molar-refractivity contribution in [2.45, 2.75) is 32.4 Å². The number of carbonyl (C=O) groups is 1. The van der Waals surface area contributed by atoms with E-state index in [1.165, 1.54) is 22.4 Å². The van der Waals surface area contributed by atoms with Crippen molar-refractivity contribution < 1.29 is 14.6 Å². The number of hydrogen-bond donors (Lipinski definition) is 1. The van der Waals surface area contributed by atoms with Gasteiger partial charge in [-0.15, -0.1) is 0 Å². The zero-order valence-electron chi connectivity index (χ0n) is 25.5. The van der Waals surface area contributed by atoms with Crippen LogP contribution in [0.2, 0.25) is 0 Å². The van der Waals surface area contributed by atoms with Gasteiger partial charge in [-0.3, -0.25) is 4.79 Å². The largest absolute Gasteiger partial charge is 0.475 e. The number of ether oxygens (including phenoxy) is 1. The van der Waals surface area contributed by atoms with Crippen LogP contribution >= 0.6 is 0 Å². The van der Waals surface area contributed by atoms with Crippen LogP contribution in [0.4, 0.5) is 11.4 Å². The number of fused-ring (bicyclic) bond motifs is 2. The Bertz CT molecular complexity index is 1620. The molecule has 0 saturated carbocycles. The third-order valence-corrected chi connectivity index (χ3v) is 8.61. The van der Waals surface area contributed by atoms with Crippen LogP contribution in [0.3, 0.4) is 0 Å². The minimum Gasteiger partial charge on any atom is -0.475 e. The minimum atomic E-state index is -0.329. The Morgan fingerprint density at radius 2 is 1.98 bits per heavy atom. The first kappa shape index (κ1) is 30.8. The lowest BCUT2D eigenvalue weighted by Gasteiger charge is -2.43. The number of carbonyl (C=O) groups excluding carboxylic acids is 1. The molecule has 1 atom stereocenters. The van der Waals surface area contributed by atoms with E-state index in [-0.39, 0.29) is 30.9 Å². The minimum absolute atomic E-state index is 0.0505. The van der Waals surface area contributed by atoms with Gasteiger partial charge in [-0.05, 0) is 43.5 Å². The van der Waals surface area contributed by atoms with Gasteiger partial charge >= 0.3 is 0 Å². The summed E-state index contributed by atoms with van der Waals surface area (Å²) in [6.07, 6.45) is 2.15. The molecule has 2 aliphatic heterocycles. The highest BCUT2D eigenvalue weighted by Gasteiger charge is 2.35. The maximum Gasteiger partial charge on any atom is 0.246 e. The molecule has 5 rings (SSSR count). The van der Waals surface area contributed by atoms with Gasteiger partial charge in [0.2, 0.25) is 11.8 Å². The molecule has 0 bridgehead atoms. The van der Waals surface area contributed by atoms with E-state index in [0.717, 1.165) is 29.2 Å². The van der Waals surface area contributed by atoms with Crippen LogP contribution in [0.15, 0.2) is 49.1 Å². The summed E-state index contributed by atoms with van der Waals surface area (Å²) in [7, 11) is 1.90. The quantitative estimate of drug-likeness (QED) is 0.353. The lowest BCUT2D eigenvalue weighted by molar-refractivity contribution is -0.128. The van der Waals surface area contributed by atoms with E-state index in [0.29, 0.717) is 57.9 Å². The summed E-state index contributed by atoms with van der Waals surface area (Å²) in [4.78, 5) is 25.7. The van der Waals surface area contributed by atoms with Crippen LogP contribution in [0, 0.1) is 29.6 Å². The van der Waals surface area contributed by atoms with Gasteiger partial charge in [0, 0.05) is 55.9 Å². The molecule has 2 aromatic carbocycles. The molecule has 44 heavy (non-hydrogen) atoms. The van der Waals surface area contributed by atoms with Crippen LogP contribution in [-0.4, -0.2) is 91.4 Å². The summed E-state index contributed by atoms with van der Waals surface area (Å²) in [6.45, 7) is 9.86. The fourth-order valence-corrected chi connectivity index (χ4v) is 6.39. The number of benzene rings is 2. The molecule has 1 N–H and O–H groups in total. The van der Waals surface area contributed by atoms with Crippen molar-refractivity contribution in [1.29, 1.82) is 10.5 Å². The maximum atomic E-state index is 12.6. The third-order valence-electron chi connectivity index (χ3n) is 8.61. The van der Waals surface area contributed by atoms with E-state index in [2.05, 4.69) is 71.8 Å². The predicted octanol–water partition coefficient (Wildman–Crippen LogP) is 3.40. The van der Waals surface area contributed by atoms with E-state index < -0.39 is 0 Å². The molecule has 0 radical (unpaired) electrons. The third kappa shape index (κ3) is 6.19. The van der Waals surface area contributed by atoms with Crippen molar-refractivity contribution in [3.8, 4) is 18.0 Å². The summed E-state index contributed by atoms with van der Waals surface area (Å²) in [5.74, 6) is 0.0928. The molecule has 0 aliphatic carbocycles. The van der Waals surface area contributed by atoms with E-state index in [1.807, 2.05) is 11.9 Å². The molecule has 1 fully saturated rings. The predicted molar refractivity (Wildman–Crippen MR) is 171 cm³/mol. The number of anilines is 2. The number of aliphatic hydroxyl groups excluding tert-OH is 1. The Balaban J connectivity index is 1.55. The zero-order chi connectivity index (χ0) is 31.2. The first-order valence-electron chi connectivity index (χ1n) is 15.1. The fraction of sp³-hybridized carbons (Fsp3) is 0.412. The Morgan fingerprint density at radius 1 is 1.18 bits per heavy atom. The number of likely N-dealkylation sites (N-methyl/N-ethyl adjacent to an activating group) is 1. The van der Waals surface area contributed by atoms with E-state index in [9.17, 15) is 20.4 Å². The Morgan fingerprint density at radius 3 is 2.70 bits per heavy atom. The van der Waals surface area contributed by atoms with Gasteiger partial charge in [0.1, 0.15) is 18.2 Å². The monoisotopic (exact) mass is 593 g/mol. The number of aromatic nitrogens is 1. The Hall–Kier alpha value is -4.64. The smallest absolute Gasteiger partial charge is 0.246 e. The second kappa shape index (κ2) is 13.8. The molecule has 1 aromatic heterocycles. The number of piperazine rings is 1. The van der Waals surface area contributed by atoms with Crippen molar-refractivity contribution in [2.75, 3.05) is 69.3 Å². The molecule has 1 unspecified atom stereocenters. The summed E-state index contributed by atoms with van der Waals surface area (Å²) in [6, 6.07) is 17.0. The number of amides is 1. The highest BCUT2D eigenvalue weighted by atomic mass is 16.5. The van der Waals surface area contributed by atoms with Gasteiger partial charge in [0.25, 0.3) is 0 Å². The maximum absolute atomic E-state index is 12.6. The van der Waals surface area contributed by atoms with Crippen molar-refractivity contribution in [1.82, 2.24) is 14.8 Å². The normalized spacial score (nSPS) is 16.4. The number of hydrogen-bond acceptors (Lipinski definition) is 9. The van der Waals surface area contributed by atoms with Gasteiger partial charge in [0.15, 0.2) is 0 Å². The van der Waals surface area contributed by atoms with Crippen molar-refractivity contribution >= 4 is 28.1 Å². The zero-order valence-corrected chi connectivity index (χ0v) is 25.5. The van der Waals surface area contributed by atoms with Gasteiger partial charge in [-0.25, -0.2) is 4.98 Å². The number of aryl methyl sites for hydroxylation is 1. The first-order chi connectivity index (χ1) is 21.4. The fourth-order valence-electron chi connectivity index (χ4n) is 6.39. The number of nitrogens with zero attached hydrogens (tertiary/aromatic N) is 7. The molecular weight excluding hydrogens is 554 g/mol. The highest BCUT2D eigenvalue weighted by Crippen LogP contribution is 2.40. The number of aliphatic hydroxyl groups is 1. The number of rotatable bonds is 10. The van der Waals surface area contributed by atoms with Crippen LogP contribution in [0.5, 0.6) is 5.88 Å². The summed E-state index contributed by atoms with van der Waals surface area (Å²) in [5.41, 5.74) is 5.40. The van der Waals surface area contributed by atoms with E-state index in [1.54, 1.807) is 4.90 Å². The standard InChI is InChI=1S/C34H39N7O3/c1-4-31(43)41-16-15-40(22-26(41)11-13-35)33-27-12-14-39(30-10-6-9-25-8-5-7-24(2)32(25)30)23-29(27)37-34(28(33)21-36)44-20-18-38(3)17-19-42/h4-10,26,42H,1,11-12,14-20,22-23H2,2-3H3. The second-order valence-corrected chi connectivity index (χ2v) is 11.4. The molecule has 0 spiro atoms. The van der Waals surface area contributed by atoms with E-state index >= 15 is 0 Å². The number of nitriles is 2. The number of pyridine rings is 1. The molecule has 228 valence electrons. The van der Waals surface area contributed by atoms with Gasteiger partial charge in [-0.2, -0.15) is 10.5 Å². The van der Waals surface area contributed by atoms with Crippen molar-refractivity contribution in [2.24, 2.45) is 0 Å². The van der Waals surface area contributed by atoms with Crippen LogP contribution in [-0.2, 0) is 17.8 Å². The Labute approximate surface area is 259 Å². The summed E-state index contributed by atoms with van der Waals surface area (Å²) >= 11 is 0. The molecule has 10 heteroatoms. The van der Waals surface area contributed by atoms with E-state index in [4.69, 9.17) is 9.72 Å². The molecule has 2 aliphatic rings. The topological polar surface area (TPSA) is 120 Å². The average Bonchev–Trinajstić information content (AvgIpc) is 3.03.